The van der Waals surface area contributed by atoms with Gasteiger partial charge in [0.25, 0.3) is 0 Å². The number of aromatic amines is 2. The van der Waals surface area contributed by atoms with Gasteiger partial charge in [0.1, 0.15) is 23.7 Å². The Morgan fingerprint density at radius 3 is 1.71 bits per heavy atom. The predicted molar refractivity (Wildman–Crippen MR) is 243 cm³/mol. The quantitative estimate of drug-likeness (QED) is 0.102. The average molecular weight is 883 g/mol. The van der Waals surface area contributed by atoms with E-state index in [-0.39, 0.29) is 60.0 Å². The first kappa shape index (κ1) is 42.7. The first-order valence-corrected chi connectivity index (χ1v) is 23.1. The van der Waals surface area contributed by atoms with E-state index in [9.17, 15) is 19.2 Å². The second kappa shape index (κ2) is 17.0. The molecule has 10 rings (SSSR count). The Bertz CT molecular complexity index is 2610. The van der Waals surface area contributed by atoms with Gasteiger partial charge in [-0.3, -0.25) is 9.59 Å². The van der Waals surface area contributed by atoms with Crippen molar-refractivity contribution in [1.29, 1.82) is 0 Å². The molecule has 3 saturated heterocycles. The molecule has 15 heteroatoms. The van der Waals surface area contributed by atoms with Gasteiger partial charge >= 0.3 is 12.2 Å². The third-order valence-corrected chi connectivity index (χ3v) is 14.5. The number of ether oxygens (including phenoxy) is 3. The maximum Gasteiger partial charge on any atom is 0.407 e. The fourth-order valence-electron chi connectivity index (χ4n) is 11.1. The number of nitrogens with one attached hydrogen (secondary N) is 4. The number of carbonyl (C=O) groups is 4. The first-order valence-electron chi connectivity index (χ1n) is 23.1. The lowest BCUT2D eigenvalue weighted by Gasteiger charge is -2.38. The maximum absolute atomic E-state index is 14.4. The fourth-order valence-corrected chi connectivity index (χ4v) is 11.1. The second-order valence-corrected chi connectivity index (χ2v) is 19.3. The summed E-state index contributed by atoms with van der Waals surface area (Å²) in [6.07, 6.45) is 7.43. The van der Waals surface area contributed by atoms with Crippen LogP contribution in [0.5, 0.6) is 0 Å². The number of piperidine rings is 2. The summed E-state index contributed by atoms with van der Waals surface area (Å²) in [4.78, 5) is 73.5. The molecular weight excluding hydrogens is 825 g/mol. The van der Waals surface area contributed by atoms with Crippen molar-refractivity contribution in [2.24, 2.45) is 23.7 Å². The van der Waals surface area contributed by atoms with E-state index < -0.39 is 24.3 Å². The second-order valence-electron chi connectivity index (χ2n) is 19.3. The summed E-state index contributed by atoms with van der Waals surface area (Å²) in [6, 6.07) is 19.8. The van der Waals surface area contributed by atoms with Crippen LogP contribution in [0.1, 0.15) is 90.0 Å². The minimum absolute atomic E-state index is 0.01000. The molecule has 15 nitrogen and oxygen atoms in total. The first-order chi connectivity index (χ1) is 31.4. The molecule has 2 aromatic heterocycles. The van der Waals surface area contributed by atoms with Crippen molar-refractivity contribution in [3.63, 3.8) is 0 Å². The molecule has 65 heavy (non-hydrogen) atoms. The fraction of sp³-hybridized carbons (Fsp3) is 0.480. The van der Waals surface area contributed by atoms with Gasteiger partial charge in [0.05, 0.1) is 62.3 Å². The zero-order chi connectivity index (χ0) is 45.3. The van der Waals surface area contributed by atoms with E-state index in [1.54, 1.807) is 0 Å². The third kappa shape index (κ3) is 8.23. The number of rotatable bonds is 11. The number of methoxy groups -OCH3 is 2. The normalized spacial score (nSPS) is 27.5. The van der Waals surface area contributed by atoms with E-state index in [1.165, 1.54) is 14.2 Å². The molecule has 3 aromatic carbocycles. The molecule has 2 aliphatic carbocycles. The van der Waals surface area contributed by atoms with Crippen LogP contribution in [0.3, 0.4) is 0 Å². The third-order valence-electron chi connectivity index (χ3n) is 14.5. The van der Waals surface area contributed by atoms with E-state index in [0.717, 1.165) is 81.7 Å². The van der Waals surface area contributed by atoms with Crippen LogP contribution in [-0.2, 0) is 23.8 Å². The molecule has 0 radical (unpaired) electrons. The molecule has 11 atom stereocenters. The van der Waals surface area contributed by atoms with E-state index in [4.69, 9.17) is 24.2 Å². The highest BCUT2D eigenvalue weighted by Gasteiger charge is 2.58. The number of carbonyl (C=O) groups excluding carboxylic acids is 4. The number of alkyl carbamates (subject to hydrolysis) is 2. The Balaban J connectivity index is 0.820. The molecule has 2 saturated carbocycles. The maximum atomic E-state index is 14.4. The Kier molecular flexibility index (Phi) is 11.2. The summed E-state index contributed by atoms with van der Waals surface area (Å²) in [6.45, 7) is 7.88. The van der Waals surface area contributed by atoms with Crippen LogP contribution in [0, 0.1) is 23.7 Å². The summed E-state index contributed by atoms with van der Waals surface area (Å²) >= 11 is 0. The topological polar surface area (TPSA) is 184 Å². The van der Waals surface area contributed by atoms with Gasteiger partial charge in [-0.1, -0.05) is 62.4 Å². The van der Waals surface area contributed by atoms with Crippen molar-refractivity contribution in [2.45, 2.75) is 115 Å². The number of aromatic nitrogens is 4. The van der Waals surface area contributed by atoms with Gasteiger partial charge in [-0.2, -0.15) is 0 Å². The Morgan fingerprint density at radius 2 is 1.14 bits per heavy atom. The predicted octanol–water partition coefficient (Wildman–Crippen LogP) is 7.92. The molecule has 3 aliphatic heterocycles. The number of amides is 4. The van der Waals surface area contributed by atoms with Crippen LogP contribution in [-0.4, -0.2) is 104 Å². The van der Waals surface area contributed by atoms with Crippen LogP contribution >= 0.6 is 0 Å². The van der Waals surface area contributed by atoms with Gasteiger partial charge in [-0.05, 0) is 116 Å². The van der Waals surface area contributed by atoms with E-state index >= 15 is 0 Å². The zero-order valence-electron chi connectivity index (χ0n) is 37.7. The molecule has 5 fully saturated rings. The van der Waals surface area contributed by atoms with Crippen LogP contribution < -0.4 is 10.6 Å². The average Bonchev–Trinajstić information content (AvgIpc) is 3.89. The van der Waals surface area contributed by atoms with Crippen molar-refractivity contribution >= 4 is 34.8 Å². The minimum atomic E-state index is -0.705. The summed E-state index contributed by atoms with van der Waals surface area (Å²) in [5.41, 5.74) is 5.94. The number of likely N-dealkylation sites (tertiary alicyclic amines) is 2. The highest BCUT2D eigenvalue weighted by Crippen LogP contribution is 2.55. The molecule has 0 bridgehead atoms. The molecule has 0 spiro atoms. The lowest BCUT2D eigenvalue weighted by atomic mass is 9.85. The summed E-state index contributed by atoms with van der Waals surface area (Å²) < 4.78 is 15.8. The smallest absolute Gasteiger partial charge is 0.407 e. The lowest BCUT2D eigenvalue weighted by molar-refractivity contribution is -0.140. The largest absolute Gasteiger partial charge is 0.453 e. The van der Waals surface area contributed by atoms with Gasteiger partial charge in [-0.15, -0.1) is 0 Å². The lowest BCUT2D eigenvalue weighted by Crippen LogP contribution is -2.55. The summed E-state index contributed by atoms with van der Waals surface area (Å²) in [5.74, 6) is 2.04. The highest BCUT2D eigenvalue weighted by molar-refractivity contribution is 5.91. The molecule has 1 unspecified atom stereocenters. The van der Waals surface area contributed by atoms with Crippen molar-refractivity contribution in [3.05, 3.63) is 84.7 Å². The monoisotopic (exact) mass is 882 g/mol. The van der Waals surface area contributed by atoms with E-state index in [1.807, 2.05) is 49.9 Å². The molecule has 340 valence electrons. The highest BCUT2D eigenvalue weighted by atomic mass is 16.5. The van der Waals surface area contributed by atoms with Gasteiger partial charge in [0.15, 0.2) is 0 Å². The van der Waals surface area contributed by atoms with Gasteiger partial charge < -0.3 is 44.6 Å². The molecule has 4 N–H and O–H groups in total. The molecule has 5 aliphatic rings. The van der Waals surface area contributed by atoms with Crippen molar-refractivity contribution in [2.75, 3.05) is 14.2 Å². The number of hydrogen-bond acceptors (Lipinski definition) is 9. The summed E-state index contributed by atoms with van der Waals surface area (Å²) in [5, 5.41) is 7.85. The Hall–Kier alpha value is -6.22. The number of nitrogens with zero attached hydrogens (tertiary/aromatic N) is 4. The molecular formula is C50H58N8O7. The number of benzene rings is 3. The van der Waals surface area contributed by atoms with Gasteiger partial charge in [-0.25, -0.2) is 19.6 Å². The standard InChI is InChI=1S/C50H58N8O7/c1-25(2)43(55-49(61)63-5)47(59)57-39-19-34(39)21-41(57)46-52-24-38(54-46)33-14-13-31-17-30(11-12-32(31)18-33)28-7-9-29(10-8-28)37-23-51-45(53-37)42-22-35-20-40(35)58(42)48(60)44(56-50(62)64-6)36-15-26(3)65-27(4)16-36/h7-14,17-18,23-27,34-36,39-44H,15-16,19-22H2,1-6H3,(H,51,53)(H,52,54)(H,55,61)(H,56,62)/t26-,27+,34-,35-,36+,39-,40-,41+,42?,43+,44+/m1/s1. The molecule has 5 heterocycles. The van der Waals surface area contributed by atoms with Crippen LogP contribution in [0.15, 0.2) is 73.1 Å². The molecule has 4 amide bonds. The molecule has 5 aromatic rings. The summed E-state index contributed by atoms with van der Waals surface area (Å²) in [7, 11) is 2.63. The van der Waals surface area contributed by atoms with E-state index in [0.29, 0.717) is 24.7 Å². The van der Waals surface area contributed by atoms with Crippen LogP contribution in [0.4, 0.5) is 9.59 Å². The Morgan fingerprint density at radius 1 is 0.646 bits per heavy atom. The van der Waals surface area contributed by atoms with Gasteiger partial charge in [0, 0.05) is 17.6 Å². The van der Waals surface area contributed by atoms with Crippen molar-refractivity contribution < 1.29 is 33.4 Å². The Labute approximate surface area is 378 Å². The van der Waals surface area contributed by atoms with Gasteiger partial charge in [0.2, 0.25) is 11.8 Å². The zero-order valence-corrected chi connectivity index (χ0v) is 37.7. The number of fused-ring (bicyclic) bond motifs is 3. The minimum Gasteiger partial charge on any atom is -0.453 e. The number of imidazole rings is 2. The van der Waals surface area contributed by atoms with Crippen LogP contribution in [0.2, 0.25) is 0 Å². The van der Waals surface area contributed by atoms with Crippen molar-refractivity contribution in [1.82, 2.24) is 40.4 Å². The van der Waals surface area contributed by atoms with E-state index in [2.05, 4.69) is 81.3 Å². The number of hydrogen-bond donors (Lipinski definition) is 4. The van der Waals surface area contributed by atoms with Crippen LogP contribution in [0.25, 0.3) is 44.4 Å². The number of H-pyrrole nitrogens is 2. The SMILES string of the molecule is COC(=O)N[C@H](C(=O)N1[C@@H]2C[C@@H]2C[C@H]1c1ncc(-c2ccc3cc(-c4ccc(-c5cnc(C6C[C@H]7C[C@H]7N6C(=O)[C@@H](NC(=O)OC)[C@H]6C[C@@H](C)O[C@@H](C)C6)[nH]5)cc4)ccc3c2)[nH]1)C(C)C. The van der Waals surface area contributed by atoms with Crippen molar-refractivity contribution in [3.8, 4) is 33.6 Å².